The predicted molar refractivity (Wildman–Crippen MR) is 91.5 cm³/mol. The van der Waals surface area contributed by atoms with Crippen molar-refractivity contribution in [2.24, 2.45) is 0 Å². The number of nitrogens with zero attached hydrogens (tertiary/aromatic N) is 2. The lowest BCUT2D eigenvalue weighted by Crippen LogP contribution is -2.47. The second-order valence-electron chi connectivity index (χ2n) is 6.98. The first kappa shape index (κ1) is 17.4. The van der Waals surface area contributed by atoms with Crippen molar-refractivity contribution in [3.63, 3.8) is 0 Å². The lowest BCUT2D eigenvalue weighted by Gasteiger charge is -2.40. The number of carbonyl (C=O) groups is 1. The highest BCUT2D eigenvalue weighted by Crippen LogP contribution is 2.39. The Morgan fingerprint density at radius 1 is 1.50 bits per heavy atom. The van der Waals surface area contributed by atoms with Crippen LogP contribution in [0.4, 0.5) is 0 Å². The summed E-state index contributed by atoms with van der Waals surface area (Å²) in [5, 5.41) is 0. The van der Waals surface area contributed by atoms with Crippen molar-refractivity contribution in [2.75, 3.05) is 19.7 Å². The molecular formula is C19H28N2O3. The van der Waals surface area contributed by atoms with Crippen molar-refractivity contribution in [3.8, 4) is 0 Å². The first-order chi connectivity index (χ1) is 11.7. The Hall–Kier alpha value is -1.46. The molecule has 0 radical (unpaired) electrons. The minimum absolute atomic E-state index is 0.0141. The molecule has 0 saturated carbocycles. The number of likely N-dealkylation sites (tertiary alicyclic amines) is 1. The van der Waals surface area contributed by atoms with E-state index in [1.807, 2.05) is 25.4 Å². The van der Waals surface area contributed by atoms with E-state index in [0.717, 1.165) is 45.3 Å². The van der Waals surface area contributed by atoms with Crippen LogP contribution in [0.3, 0.4) is 0 Å². The predicted octanol–water partition coefficient (Wildman–Crippen LogP) is 2.94. The summed E-state index contributed by atoms with van der Waals surface area (Å²) in [6.45, 7) is 5.34. The van der Waals surface area contributed by atoms with E-state index >= 15 is 0 Å². The van der Waals surface area contributed by atoms with Crippen LogP contribution in [0.1, 0.15) is 51.0 Å². The number of hydrogen-bond acceptors (Lipinski definition) is 5. The maximum Gasteiger partial charge on any atom is 0.305 e. The fourth-order valence-electron chi connectivity index (χ4n) is 3.99. The van der Waals surface area contributed by atoms with Gasteiger partial charge < -0.3 is 9.47 Å². The Morgan fingerprint density at radius 3 is 3.21 bits per heavy atom. The Bertz CT molecular complexity index is 537. The van der Waals surface area contributed by atoms with Gasteiger partial charge in [-0.25, -0.2) is 0 Å². The molecule has 1 aromatic heterocycles. The summed E-state index contributed by atoms with van der Waals surface area (Å²) in [5.41, 5.74) is 1.24. The number of piperidine rings is 1. The van der Waals surface area contributed by atoms with E-state index in [0.29, 0.717) is 13.0 Å². The van der Waals surface area contributed by atoms with Gasteiger partial charge >= 0.3 is 5.97 Å². The van der Waals surface area contributed by atoms with E-state index in [9.17, 15) is 4.79 Å². The Balaban J connectivity index is 1.50. The van der Waals surface area contributed by atoms with Gasteiger partial charge in [-0.05, 0) is 57.2 Å². The van der Waals surface area contributed by atoms with Gasteiger partial charge in [0.2, 0.25) is 0 Å². The summed E-state index contributed by atoms with van der Waals surface area (Å²) in [5.74, 6) is -0.108. The molecule has 5 heteroatoms. The van der Waals surface area contributed by atoms with Gasteiger partial charge in [-0.3, -0.25) is 14.7 Å². The lowest BCUT2D eigenvalue weighted by molar-refractivity contribution is -0.144. The molecule has 2 aliphatic heterocycles. The number of rotatable bonds is 6. The third-order valence-corrected chi connectivity index (χ3v) is 5.06. The largest absolute Gasteiger partial charge is 0.466 e. The summed E-state index contributed by atoms with van der Waals surface area (Å²) in [6.07, 6.45) is 9.67. The van der Waals surface area contributed by atoms with Crippen LogP contribution in [0, 0.1) is 0 Å². The number of carbonyl (C=O) groups excluding carboxylic acids is 1. The van der Waals surface area contributed by atoms with E-state index in [4.69, 9.17) is 9.47 Å². The fraction of sp³-hybridized carbons (Fsp3) is 0.684. The molecule has 132 valence electrons. The van der Waals surface area contributed by atoms with Crippen LogP contribution in [-0.2, 0) is 20.8 Å². The van der Waals surface area contributed by atoms with Gasteiger partial charge in [0.25, 0.3) is 0 Å². The van der Waals surface area contributed by atoms with Crippen LogP contribution in [-0.4, -0.2) is 47.3 Å². The molecule has 1 aromatic rings. The van der Waals surface area contributed by atoms with Crippen LogP contribution in [0.2, 0.25) is 0 Å². The third kappa shape index (κ3) is 4.54. The molecule has 1 spiro atoms. The first-order valence-electron chi connectivity index (χ1n) is 9.14. The number of ether oxygens (including phenoxy) is 2. The zero-order valence-electron chi connectivity index (χ0n) is 14.6. The highest BCUT2D eigenvalue weighted by molar-refractivity contribution is 5.69. The van der Waals surface area contributed by atoms with Crippen LogP contribution < -0.4 is 0 Å². The van der Waals surface area contributed by atoms with Gasteiger partial charge in [0.05, 0.1) is 18.3 Å². The monoisotopic (exact) mass is 332 g/mol. The summed E-state index contributed by atoms with van der Waals surface area (Å²) in [4.78, 5) is 18.2. The maximum atomic E-state index is 11.5. The van der Waals surface area contributed by atoms with Gasteiger partial charge in [0.1, 0.15) is 0 Å². The molecule has 0 aliphatic carbocycles. The fourth-order valence-corrected chi connectivity index (χ4v) is 3.99. The molecule has 2 fully saturated rings. The quantitative estimate of drug-likeness (QED) is 0.750. The average molecular weight is 332 g/mol. The molecule has 2 saturated heterocycles. The minimum Gasteiger partial charge on any atom is -0.466 e. The molecule has 0 N–H and O–H groups in total. The summed E-state index contributed by atoms with van der Waals surface area (Å²) < 4.78 is 11.4. The van der Waals surface area contributed by atoms with Crippen molar-refractivity contribution in [2.45, 2.75) is 63.7 Å². The number of aromatic nitrogens is 1. The molecule has 5 nitrogen and oxygen atoms in total. The normalized spacial score (nSPS) is 27.5. The topological polar surface area (TPSA) is 51.7 Å². The molecule has 3 rings (SSSR count). The Kier molecular flexibility index (Phi) is 5.85. The van der Waals surface area contributed by atoms with Crippen molar-refractivity contribution < 1.29 is 14.3 Å². The number of pyridine rings is 1. The van der Waals surface area contributed by atoms with Crippen LogP contribution >= 0.6 is 0 Å². The molecule has 3 heterocycles. The van der Waals surface area contributed by atoms with Gasteiger partial charge in [-0.15, -0.1) is 0 Å². The van der Waals surface area contributed by atoms with Gasteiger partial charge in [-0.1, -0.05) is 6.07 Å². The smallest absolute Gasteiger partial charge is 0.305 e. The maximum absolute atomic E-state index is 11.5. The second-order valence-corrected chi connectivity index (χ2v) is 6.98. The highest BCUT2D eigenvalue weighted by Gasteiger charge is 2.43. The molecular weight excluding hydrogens is 304 g/mol. The Labute approximate surface area is 144 Å². The highest BCUT2D eigenvalue weighted by atomic mass is 16.5. The van der Waals surface area contributed by atoms with Crippen molar-refractivity contribution in [1.82, 2.24) is 9.88 Å². The first-order valence-corrected chi connectivity index (χ1v) is 9.14. The van der Waals surface area contributed by atoms with Crippen molar-refractivity contribution >= 4 is 5.97 Å². The summed E-state index contributed by atoms with van der Waals surface area (Å²) in [6, 6.07) is 4.12. The number of hydrogen-bond donors (Lipinski definition) is 0. The minimum atomic E-state index is -0.108. The molecule has 0 bridgehead atoms. The molecule has 0 amide bonds. The van der Waals surface area contributed by atoms with Crippen molar-refractivity contribution in [1.29, 1.82) is 0 Å². The summed E-state index contributed by atoms with van der Waals surface area (Å²) >= 11 is 0. The van der Waals surface area contributed by atoms with E-state index in [1.54, 1.807) is 0 Å². The lowest BCUT2D eigenvalue weighted by atomic mass is 9.89. The van der Waals surface area contributed by atoms with Gasteiger partial charge in [-0.2, -0.15) is 0 Å². The van der Waals surface area contributed by atoms with E-state index in [-0.39, 0.29) is 17.7 Å². The van der Waals surface area contributed by atoms with E-state index < -0.39 is 0 Å². The van der Waals surface area contributed by atoms with Gasteiger partial charge in [0.15, 0.2) is 0 Å². The van der Waals surface area contributed by atoms with Gasteiger partial charge in [0, 0.05) is 31.9 Å². The van der Waals surface area contributed by atoms with E-state index in [2.05, 4.69) is 16.0 Å². The van der Waals surface area contributed by atoms with E-state index in [1.165, 1.54) is 12.0 Å². The SMILES string of the molecule is CCOC(=O)CC[C@@H]1CC[C@]2(CCCN(Cc3cccnc3)C2)O1. The standard InChI is InChI=1S/C19H28N2O3/c1-2-23-18(22)7-6-17-8-10-19(24-17)9-4-12-21(15-19)14-16-5-3-11-20-13-16/h3,5,11,13,17H,2,4,6-10,12,14-15H2,1H3/t17-,19+/m1/s1. The zero-order chi connectivity index (χ0) is 16.8. The van der Waals surface area contributed by atoms with Crippen molar-refractivity contribution in [3.05, 3.63) is 30.1 Å². The molecule has 2 atom stereocenters. The average Bonchev–Trinajstić information content (AvgIpc) is 2.97. The van der Waals surface area contributed by atoms with Crippen LogP contribution in [0.25, 0.3) is 0 Å². The molecule has 0 unspecified atom stereocenters. The third-order valence-electron chi connectivity index (χ3n) is 5.06. The Morgan fingerprint density at radius 2 is 2.42 bits per heavy atom. The molecule has 2 aliphatic rings. The second kappa shape index (κ2) is 8.08. The zero-order valence-corrected chi connectivity index (χ0v) is 14.6. The van der Waals surface area contributed by atoms with Crippen LogP contribution in [0.5, 0.6) is 0 Å². The number of esters is 1. The van der Waals surface area contributed by atoms with Crippen LogP contribution in [0.15, 0.2) is 24.5 Å². The summed E-state index contributed by atoms with van der Waals surface area (Å²) in [7, 11) is 0. The molecule has 24 heavy (non-hydrogen) atoms. The molecule has 0 aromatic carbocycles.